The lowest BCUT2D eigenvalue weighted by Crippen LogP contribution is -2.61. The topological polar surface area (TPSA) is 57.6 Å². The average Bonchev–Trinajstić information content (AvgIpc) is 2.89. The fourth-order valence-electron chi connectivity index (χ4n) is 7.56. The van der Waals surface area contributed by atoms with E-state index in [-0.39, 0.29) is 16.7 Å². The molecule has 3 saturated carbocycles. The summed E-state index contributed by atoms with van der Waals surface area (Å²) in [5.74, 6) is 1.47. The molecular weight excluding hydrogens is 302 g/mol. The van der Waals surface area contributed by atoms with Crippen LogP contribution in [-0.2, 0) is 9.59 Å². The van der Waals surface area contributed by atoms with Gasteiger partial charge < -0.3 is 10.0 Å². The Morgan fingerprint density at radius 2 is 1.75 bits per heavy atom. The molecule has 4 aliphatic rings. The van der Waals surface area contributed by atoms with Gasteiger partial charge in [0.15, 0.2) is 0 Å². The Balaban J connectivity index is 1.64. The minimum atomic E-state index is -0.582. The van der Waals surface area contributed by atoms with Crippen molar-refractivity contribution in [2.75, 3.05) is 7.05 Å². The van der Waals surface area contributed by atoms with Gasteiger partial charge in [-0.15, -0.1) is 0 Å². The highest BCUT2D eigenvalue weighted by Crippen LogP contribution is 2.66. The number of aliphatic carboxylic acids is 1. The summed E-state index contributed by atoms with van der Waals surface area (Å²) >= 11 is 0. The van der Waals surface area contributed by atoms with Crippen LogP contribution in [0.15, 0.2) is 0 Å². The van der Waals surface area contributed by atoms with Crippen molar-refractivity contribution in [1.82, 2.24) is 4.90 Å². The molecule has 1 amide bonds. The minimum absolute atomic E-state index is 0.00736. The summed E-state index contributed by atoms with van der Waals surface area (Å²) in [6, 6.07) is 0.390. The van der Waals surface area contributed by atoms with Crippen molar-refractivity contribution in [1.29, 1.82) is 0 Å². The van der Waals surface area contributed by atoms with E-state index >= 15 is 0 Å². The molecule has 4 rings (SSSR count). The monoisotopic (exact) mass is 333 g/mol. The first kappa shape index (κ1) is 16.4. The van der Waals surface area contributed by atoms with Crippen LogP contribution in [0.2, 0.25) is 0 Å². The van der Waals surface area contributed by atoms with Crippen molar-refractivity contribution in [3.8, 4) is 0 Å². The van der Waals surface area contributed by atoms with E-state index in [1.165, 1.54) is 6.42 Å². The summed E-state index contributed by atoms with van der Waals surface area (Å²) in [7, 11) is 1.99. The Morgan fingerprint density at radius 3 is 2.46 bits per heavy atom. The molecule has 1 heterocycles. The van der Waals surface area contributed by atoms with Crippen molar-refractivity contribution in [3.63, 3.8) is 0 Å². The molecule has 1 N–H and O–H groups in total. The number of piperidine rings is 1. The van der Waals surface area contributed by atoms with Gasteiger partial charge in [0.25, 0.3) is 0 Å². The zero-order valence-corrected chi connectivity index (χ0v) is 15.3. The van der Waals surface area contributed by atoms with Crippen molar-refractivity contribution in [3.05, 3.63) is 0 Å². The van der Waals surface area contributed by atoms with Crippen LogP contribution in [-0.4, -0.2) is 35.0 Å². The number of hydrogen-bond acceptors (Lipinski definition) is 2. The van der Waals surface area contributed by atoms with Crippen LogP contribution >= 0.6 is 0 Å². The number of likely N-dealkylation sites (tertiary alicyclic amines) is 1. The second-order valence-corrected chi connectivity index (χ2v) is 9.49. The Bertz CT molecular complexity index is 575. The zero-order valence-electron chi connectivity index (χ0n) is 15.3. The summed E-state index contributed by atoms with van der Waals surface area (Å²) in [5, 5.41) is 9.67. The molecule has 0 aromatic heterocycles. The molecule has 4 nitrogen and oxygen atoms in total. The molecule has 0 radical (unpaired) electrons. The summed E-state index contributed by atoms with van der Waals surface area (Å²) in [6.07, 6.45) is 8.13. The fraction of sp³-hybridized carbons (Fsp3) is 0.900. The van der Waals surface area contributed by atoms with Gasteiger partial charge in [-0.3, -0.25) is 9.59 Å². The van der Waals surface area contributed by atoms with Crippen LogP contribution in [0.1, 0.15) is 65.2 Å². The van der Waals surface area contributed by atoms with Crippen molar-refractivity contribution < 1.29 is 14.7 Å². The van der Waals surface area contributed by atoms with Crippen LogP contribution in [0, 0.1) is 34.5 Å². The fourth-order valence-corrected chi connectivity index (χ4v) is 7.56. The summed E-state index contributed by atoms with van der Waals surface area (Å²) in [5.41, 5.74) is 0.223. The van der Waals surface area contributed by atoms with Gasteiger partial charge in [0.05, 0.1) is 5.92 Å². The Labute approximate surface area is 145 Å². The van der Waals surface area contributed by atoms with E-state index in [4.69, 9.17) is 0 Å². The van der Waals surface area contributed by atoms with Gasteiger partial charge >= 0.3 is 5.97 Å². The van der Waals surface area contributed by atoms with Crippen LogP contribution in [0.3, 0.4) is 0 Å². The SMILES string of the molecule is CN1C(=O)CC[C@@]2(C)C1CC[C@H]1[C@@H]3CC[C@H](C(=O)O)[C@@]3(C)CC[C@@H]12. The van der Waals surface area contributed by atoms with E-state index in [2.05, 4.69) is 13.8 Å². The maximum Gasteiger partial charge on any atom is 0.307 e. The molecule has 1 aliphatic heterocycles. The molecule has 3 aliphatic carbocycles. The third-order valence-electron chi connectivity index (χ3n) is 8.86. The lowest BCUT2D eigenvalue weighted by Gasteiger charge is -2.61. The highest BCUT2D eigenvalue weighted by atomic mass is 16.4. The number of carbonyl (C=O) groups excluding carboxylic acids is 1. The van der Waals surface area contributed by atoms with E-state index in [1.54, 1.807) is 0 Å². The van der Waals surface area contributed by atoms with Gasteiger partial charge in [-0.2, -0.15) is 0 Å². The van der Waals surface area contributed by atoms with Crippen LogP contribution in [0.25, 0.3) is 0 Å². The van der Waals surface area contributed by atoms with E-state index in [0.29, 0.717) is 36.1 Å². The molecule has 0 spiro atoms. The van der Waals surface area contributed by atoms with Gasteiger partial charge in [-0.1, -0.05) is 13.8 Å². The van der Waals surface area contributed by atoms with Crippen molar-refractivity contribution in [2.45, 2.75) is 71.3 Å². The van der Waals surface area contributed by atoms with E-state index in [1.807, 2.05) is 11.9 Å². The number of fused-ring (bicyclic) bond motifs is 5. The molecule has 7 atom stereocenters. The Morgan fingerprint density at radius 1 is 1.04 bits per heavy atom. The molecular formula is C20H31NO3. The number of nitrogens with zero attached hydrogens (tertiary/aromatic N) is 1. The molecule has 0 aromatic carbocycles. The lowest BCUT2D eigenvalue weighted by molar-refractivity contribution is -0.163. The quantitative estimate of drug-likeness (QED) is 0.798. The first-order chi connectivity index (χ1) is 11.3. The molecule has 134 valence electrons. The number of amides is 1. The number of rotatable bonds is 1. The van der Waals surface area contributed by atoms with Crippen LogP contribution in [0.4, 0.5) is 0 Å². The first-order valence-corrected chi connectivity index (χ1v) is 9.77. The predicted molar refractivity (Wildman–Crippen MR) is 91.3 cm³/mol. The van der Waals surface area contributed by atoms with Gasteiger partial charge in [0, 0.05) is 19.5 Å². The summed E-state index contributed by atoms with van der Waals surface area (Å²) in [4.78, 5) is 25.9. The van der Waals surface area contributed by atoms with Gasteiger partial charge in [0.1, 0.15) is 0 Å². The third-order valence-corrected chi connectivity index (χ3v) is 8.86. The molecule has 0 bridgehead atoms. The average molecular weight is 333 g/mol. The molecule has 24 heavy (non-hydrogen) atoms. The Kier molecular flexibility index (Phi) is 3.57. The molecule has 1 unspecified atom stereocenters. The zero-order chi connectivity index (χ0) is 17.3. The van der Waals surface area contributed by atoms with Crippen molar-refractivity contribution >= 4 is 11.9 Å². The maximum atomic E-state index is 12.2. The standard InChI is InChI=1S/C20H31NO3/c1-19-10-8-14-12(13(19)5-6-15(19)18(23)24)4-7-16-20(14,2)11-9-17(22)21(16)3/h12-16H,4-11H2,1-3H3,(H,23,24)/t12-,13-,14-,15+,16?,19-,20+/m0/s1. The normalized spacial score (nSPS) is 50.9. The molecule has 1 saturated heterocycles. The summed E-state index contributed by atoms with van der Waals surface area (Å²) < 4.78 is 0. The van der Waals surface area contributed by atoms with E-state index < -0.39 is 5.97 Å². The van der Waals surface area contributed by atoms with Crippen molar-refractivity contribution in [2.24, 2.45) is 34.5 Å². The number of hydrogen-bond donors (Lipinski definition) is 1. The van der Waals surface area contributed by atoms with Crippen LogP contribution < -0.4 is 0 Å². The third kappa shape index (κ3) is 1.97. The molecule has 4 fully saturated rings. The Hall–Kier alpha value is -1.06. The lowest BCUT2D eigenvalue weighted by atomic mass is 9.47. The first-order valence-electron chi connectivity index (χ1n) is 9.77. The van der Waals surface area contributed by atoms with Gasteiger partial charge in [-0.05, 0) is 73.5 Å². The second kappa shape index (κ2) is 5.22. The molecule has 4 heteroatoms. The van der Waals surface area contributed by atoms with Crippen LogP contribution in [0.5, 0.6) is 0 Å². The molecule has 0 aromatic rings. The smallest absolute Gasteiger partial charge is 0.307 e. The maximum absolute atomic E-state index is 12.2. The largest absolute Gasteiger partial charge is 0.481 e. The number of carbonyl (C=O) groups is 2. The second-order valence-electron chi connectivity index (χ2n) is 9.49. The van der Waals surface area contributed by atoms with Gasteiger partial charge in [0.2, 0.25) is 5.91 Å². The van der Waals surface area contributed by atoms with E-state index in [0.717, 1.165) is 38.5 Å². The van der Waals surface area contributed by atoms with E-state index in [9.17, 15) is 14.7 Å². The summed E-state index contributed by atoms with van der Waals surface area (Å²) in [6.45, 7) is 4.67. The highest BCUT2D eigenvalue weighted by molar-refractivity contribution is 5.77. The highest BCUT2D eigenvalue weighted by Gasteiger charge is 2.62. The number of carboxylic acid groups (broad SMARTS) is 1. The minimum Gasteiger partial charge on any atom is -0.481 e. The number of carboxylic acids is 1. The predicted octanol–water partition coefficient (Wildman–Crippen LogP) is 3.55. The van der Waals surface area contributed by atoms with Gasteiger partial charge in [-0.25, -0.2) is 0 Å².